The first kappa shape index (κ1) is 20.4. The molecule has 0 unspecified atom stereocenters. The van der Waals surface area contributed by atoms with Crippen molar-refractivity contribution >= 4 is 12.1 Å². The van der Waals surface area contributed by atoms with Crippen LogP contribution in [0.5, 0.6) is 11.5 Å². The van der Waals surface area contributed by atoms with Crippen LogP contribution >= 0.6 is 0 Å². The number of carbonyl (C=O) groups is 1. The second kappa shape index (κ2) is 9.70. The van der Waals surface area contributed by atoms with E-state index in [4.69, 9.17) is 9.47 Å². The van der Waals surface area contributed by atoms with E-state index in [1.807, 2.05) is 46.8 Å². The summed E-state index contributed by atoms with van der Waals surface area (Å²) in [6, 6.07) is 5.67. The molecule has 1 aromatic heterocycles. The van der Waals surface area contributed by atoms with Gasteiger partial charge in [-0.05, 0) is 58.4 Å². The number of benzene rings is 1. The molecule has 27 heavy (non-hydrogen) atoms. The van der Waals surface area contributed by atoms with E-state index in [1.54, 1.807) is 17.2 Å². The molecule has 8 heteroatoms. The Morgan fingerprint density at radius 2 is 1.81 bits per heavy atom. The van der Waals surface area contributed by atoms with Gasteiger partial charge < -0.3 is 14.4 Å². The number of hydrogen-bond donors (Lipinski definition) is 0. The minimum atomic E-state index is -0.0549. The average molecular weight is 373 g/mol. The fraction of sp³-hybridized carbons (Fsp3) is 0.474. The summed E-state index contributed by atoms with van der Waals surface area (Å²) in [6.07, 6.45) is 4.66. The summed E-state index contributed by atoms with van der Waals surface area (Å²) in [5.41, 5.74) is 0.830. The van der Waals surface area contributed by atoms with Gasteiger partial charge in [0.25, 0.3) is 5.91 Å². The first-order chi connectivity index (χ1) is 12.9. The summed E-state index contributed by atoms with van der Waals surface area (Å²) < 4.78 is 12.9. The second-order valence-electron chi connectivity index (χ2n) is 6.50. The molecule has 0 N–H and O–H groups in total. The molecule has 8 nitrogen and oxygen atoms in total. The lowest BCUT2D eigenvalue weighted by atomic mass is 10.2. The quantitative estimate of drug-likeness (QED) is 0.631. The van der Waals surface area contributed by atoms with Gasteiger partial charge in [-0.15, -0.1) is 10.2 Å². The Hall–Kier alpha value is -2.90. The molecule has 0 bridgehead atoms. The van der Waals surface area contributed by atoms with Crippen LogP contribution < -0.4 is 9.47 Å². The fourth-order valence-corrected chi connectivity index (χ4v) is 2.77. The fourth-order valence-electron chi connectivity index (χ4n) is 2.77. The molecule has 0 saturated carbocycles. The van der Waals surface area contributed by atoms with Crippen LogP contribution in [-0.4, -0.2) is 57.2 Å². The molecule has 1 heterocycles. The molecule has 0 aliphatic carbocycles. The highest BCUT2D eigenvalue weighted by Crippen LogP contribution is 2.28. The summed E-state index contributed by atoms with van der Waals surface area (Å²) in [7, 11) is 0. The van der Waals surface area contributed by atoms with Crippen molar-refractivity contribution in [3.05, 3.63) is 36.4 Å². The van der Waals surface area contributed by atoms with Gasteiger partial charge in [0.2, 0.25) is 0 Å². The van der Waals surface area contributed by atoms with Crippen molar-refractivity contribution in [2.24, 2.45) is 5.10 Å². The van der Waals surface area contributed by atoms with Crippen molar-refractivity contribution in [2.75, 3.05) is 13.2 Å². The van der Waals surface area contributed by atoms with Crippen molar-refractivity contribution in [3.8, 4) is 11.5 Å². The molecule has 0 radical (unpaired) electrons. The molecule has 1 amide bonds. The number of ether oxygens (including phenoxy) is 2. The van der Waals surface area contributed by atoms with Gasteiger partial charge in [0.1, 0.15) is 12.7 Å². The molecule has 0 saturated heterocycles. The molecule has 1 aromatic carbocycles. The maximum Gasteiger partial charge on any atom is 0.260 e. The first-order valence-corrected chi connectivity index (χ1v) is 9.02. The van der Waals surface area contributed by atoms with Gasteiger partial charge in [-0.3, -0.25) is 4.79 Å². The van der Waals surface area contributed by atoms with E-state index in [2.05, 4.69) is 15.3 Å². The molecular formula is C19H27N5O3. The number of rotatable bonds is 9. The largest absolute Gasteiger partial charge is 0.490 e. The third-order valence-electron chi connectivity index (χ3n) is 3.77. The van der Waals surface area contributed by atoms with E-state index in [0.717, 1.165) is 5.56 Å². The summed E-state index contributed by atoms with van der Waals surface area (Å²) in [4.78, 5) is 14.3. The van der Waals surface area contributed by atoms with Gasteiger partial charge in [0, 0.05) is 12.1 Å². The van der Waals surface area contributed by atoms with E-state index in [9.17, 15) is 4.79 Å². The zero-order valence-electron chi connectivity index (χ0n) is 16.5. The summed E-state index contributed by atoms with van der Waals surface area (Å²) in [5.74, 6) is 1.04. The van der Waals surface area contributed by atoms with Crippen molar-refractivity contribution in [2.45, 2.75) is 46.7 Å². The lowest BCUT2D eigenvalue weighted by Gasteiger charge is -2.30. The molecule has 2 aromatic rings. The number of amides is 1. The minimum Gasteiger partial charge on any atom is -0.490 e. The molecule has 0 aliphatic rings. The highest BCUT2D eigenvalue weighted by Gasteiger charge is 2.21. The van der Waals surface area contributed by atoms with Crippen molar-refractivity contribution in [3.63, 3.8) is 0 Å². The van der Waals surface area contributed by atoms with Crippen molar-refractivity contribution in [1.82, 2.24) is 19.8 Å². The van der Waals surface area contributed by atoms with Gasteiger partial charge in [0.05, 0.1) is 12.8 Å². The predicted molar refractivity (Wildman–Crippen MR) is 103 cm³/mol. The molecule has 0 fully saturated rings. The zero-order valence-corrected chi connectivity index (χ0v) is 16.5. The van der Waals surface area contributed by atoms with Crippen LogP contribution in [-0.2, 0) is 4.79 Å². The monoisotopic (exact) mass is 373 g/mol. The lowest BCUT2D eigenvalue weighted by molar-refractivity contribution is -0.137. The third-order valence-corrected chi connectivity index (χ3v) is 3.77. The predicted octanol–water partition coefficient (Wildman–Crippen LogP) is 2.58. The van der Waals surface area contributed by atoms with Crippen molar-refractivity contribution < 1.29 is 14.3 Å². The minimum absolute atomic E-state index is 0.0371. The van der Waals surface area contributed by atoms with Crippen molar-refractivity contribution in [1.29, 1.82) is 0 Å². The van der Waals surface area contributed by atoms with Gasteiger partial charge >= 0.3 is 0 Å². The van der Waals surface area contributed by atoms with Gasteiger partial charge in [-0.2, -0.15) is 5.10 Å². The number of hydrogen-bond acceptors (Lipinski definition) is 6. The molecule has 146 valence electrons. The second-order valence-corrected chi connectivity index (χ2v) is 6.50. The Kier molecular flexibility index (Phi) is 7.34. The topological polar surface area (TPSA) is 81.8 Å². The van der Waals surface area contributed by atoms with E-state index in [1.165, 1.54) is 17.3 Å². The molecular weight excluding hydrogens is 346 g/mol. The highest BCUT2D eigenvalue weighted by molar-refractivity contribution is 5.81. The Morgan fingerprint density at radius 3 is 2.41 bits per heavy atom. The standard InChI is InChI=1S/C19H27N5O3/c1-6-26-18-9-16(10-22-23-12-20-21-13-23)7-8-17(18)27-11-19(25)24(14(2)3)15(4)5/h7-10,12-15H,6,11H2,1-5H3/b22-10-. The average Bonchev–Trinajstić information content (AvgIpc) is 3.12. The highest BCUT2D eigenvalue weighted by atomic mass is 16.5. The SMILES string of the molecule is CCOc1cc(/C=N\n2cnnc2)ccc1OCC(=O)N(C(C)C)C(C)C. The van der Waals surface area contributed by atoms with E-state index in [0.29, 0.717) is 18.1 Å². The normalized spacial score (nSPS) is 11.4. The Balaban J connectivity index is 2.10. The van der Waals surface area contributed by atoms with Crippen LogP contribution in [0.1, 0.15) is 40.2 Å². The number of aromatic nitrogens is 3. The van der Waals surface area contributed by atoms with Crippen LogP contribution in [0.4, 0.5) is 0 Å². The smallest absolute Gasteiger partial charge is 0.260 e. The molecule has 0 spiro atoms. The van der Waals surface area contributed by atoms with Crippen LogP contribution in [0, 0.1) is 0 Å². The summed E-state index contributed by atoms with van der Waals surface area (Å²) in [6.45, 7) is 10.3. The summed E-state index contributed by atoms with van der Waals surface area (Å²) in [5, 5.41) is 11.6. The molecule has 0 atom stereocenters. The van der Waals surface area contributed by atoms with E-state index in [-0.39, 0.29) is 24.6 Å². The number of nitrogens with zero attached hydrogens (tertiary/aromatic N) is 5. The van der Waals surface area contributed by atoms with Crippen LogP contribution in [0.15, 0.2) is 36.0 Å². The molecule has 0 aliphatic heterocycles. The number of carbonyl (C=O) groups excluding carboxylic acids is 1. The maximum atomic E-state index is 12.5. The van der Waals surface area contributed by atoms with Gasteiger partial charge in [0.15, 0.2) is 18.1 Å². The van der Waals surface area contributed by atoms with Crippen LogP contribution in [0.3, 0.4) is 0 Å². The maximum absolute atomic E-state index is 12.5. The van der Waals surface area contributed by atoms with E-state index < -0.39 is 0 Å². The Labute approximate surface area is 159 Å². The van der Waals surface area contributed by atoms with Crippen LogP contribution in [0.25, 0.3) is 0 Å². The van der Waals surface area contributed by atoms with Crippen LogP contribution in [0.2, 0.25) is 0 Å². The zero-order chi connectivity index (χ0) is 19.8. The Bertz CT molecular complexity index is 749. The first-order valence-electron chi connectivity index (χ1n) is 9.02. The summed E-state index contributed by atoms with van der Waals surface area (Å²) >= 11 is 0. The van der Waals surface area contributed by atoms with Gasteiger partial charge in [-0.1, -0.05) is 0 Å². The Morgan fingerprint density at radius 1 is 1.15 bits per heavy atom. The van der Waals surface area contributed by atoms with E-state index >= 15 is 0 Å². The third kappa shape index (κ3) is 5.80. The lowest BCUT2D eigenvalue weighted by Crippen LogP contribution is -2.44. The van der Waals surface area contributed by atoms with Gasteiger partial charge in [-0.25, -0.2) is 4.68 Å². The molecule has 2 rings (SSSR count).